The average Bonchev–Trinajstić information content (AvgIpc) is 3.04. The monoisotopic (exact) mass is 308 g/mol. The van der Waals surface area contributed by atoms with E-state index >= 15 is 0 Å². The van der Waals surface area contributed by atoms with Crippen LogP contribution >= 0.6 is 0 Å². The molecule has 2 heterocycles. The summed E-state index contributed by atoms with van der Waals surface area (Å²) in [7, 11) is 0. The zero-order valence-corrected chi connectivity index (χ0v) is 11.5. The molecule has 1 aromatic heterocycles. The fraction of sp³-hybridized carbons (Fsp3) is 0.429. The van der Waals surface area contributed by atoms with E-state index in [1.807, 2.05) is 18.2 Å². The molecule has 8 nitrogen and oxygen atoms in total. The lowest BCUT2D eigenvalue weighted by Crippen LogP contribution is -2.55. The number of benzene rings is 1. The molecule has 0 bridgehead atoms. The normalized spacial score (nSPS) is 32.1. The molecule has 4 N–H and O–H groups in total. The smallest absolute Gasteiger partial charge is 0.248 e. The lowest BCUT2D eigenvalue weighted by atomic mass is 9.95. The lowest BCUT2D eigenvalue weighted by molar-refractivity contribution is -0.236. The second kappa shape index (κ2) is 6.11. The SMILES string of the molecule is OC[C@H]1O[C@@H](c2nnc(-c3ccccc3)o2)[C@H](O)[C@@H](O)[C@@H]1O. The highest BCUT2D eigenvalue weighted by Crippen LogP contribution is 2.32. The van der Waals surface area contributed by atoms with Crippen molar-refractivity contribution in [3.63, 3.8) is 0 Å². The molecule has 1 saturated heterocycles. The Labute approximate surface area is 125 Å². The van der Waals surface area contributed by atoms with Gasteiger partial charge in [0, 0.05) is 5.56 Å². The largest absolute Gasteiger partial charge is 0.418 e. The molecule has 0 saturated carbocycles. The number of aliphatic hydroxyl groups excluding tert-OH is 4. The summed E-state index contributed by atoms with van der Waals surface area (Å²) in [6.07, 6.45) is -6.49. The summed E-state index contributed by atoms with van der Waals surface area (Å²) in [5.41, 5.74) is 0.700. The van der Waals surface area contributed by atoms with Gasteiger partial charge in [-0.1, -0.05) is 18.2 Å². The third-order valence-electron chi connectivity index (χ3n) is 3.60. The number of hydrogen-bond acceptors (Lipinski definition) is 8. The number of nitrogens with zero attached hydrogens (tertiary/aromatic N) is 2. The zero-order valence-electron chi connectivity index (χ0n) is 11.5. The van der Waals surface area contributed by atoms with Gasteiger partial charge in [-0.25, -0.2) is 0 Å². The summed E-state index contributed by atoms with van der Waals surface area (Å²) in [5, 5.41) is 46.4. The van der Waals surface area contributed by atoms with Crippen molar-refractivity contribution in [2.75, 3.05) is 6.61 Å². The molecule has 1 fully saturated rings. The van der Waals surface area contributed by atoms with Gasteiger partial charge in [-0.2, -0.15) is 0 Å². The highest BCUT2D eigenvalue weighted by Gasteiger charge is 2.46. The molecular formula is C14H16N2O6. The third-order valence-corrected chi connectivity index (χ3v) is 3.60. The van der Waals surface area contributed by atoms with E-state index in [-0.39, 0.29) is 11.8 Å². The van der Waals surface area contributed by atoms with Crippen LogP contribution in [0.3, 0.4) is 0 Å². The maximum Gasteiger partial charge on any atom is 0.248 e. The summed E-state index contributed by atoms with van der Waals surface area (Å²) in [4.78, 5) is 0. The predicted octanol–water partition coefficient (Wildman–Crippen LogP) is -0.749. The molecule has 2 aromatic rings. The van der Waals surface area contributed by atoms with E-state index in [0.29, 0.717) is 5.56 Å². The van der Waals surface area contributed by atoms with Crippen LogP contribution in [0.15, 0.2) is 34.7 Å². The minimum Gasteiger partial charge on any atom is -0.418 e. The van der Waals surface area contributed by atoms with Gasteiger partial charge >= 0.3 is 0 Å². The second-order valence-electron chi connectivity index (χ2n) is 5.06. The minimum atomic E-state index is -1.48. The molecule has 118 valence electrons. The van der Waals surface area contributed by atoms with Crippen LogP contribution in [0.2, 0.25) is 0 Å². The Morgan fingerprint density at radius 1 is 0.955 bits per heavy atom. The minimum absolute atomic E-state index is 0.0317. The third kappa shape index (κ3) is 2.62. The molecule has 0 aliphatic carbocycles. The number of aromatic nitrogens is 2. The van der Waals surface area contributed by atoms with Crippen LogP contribution in [0.4, 0.5) is 0 Å². The summed E-state index contributed by atoms with van der Waals surface area (Å²) in [6, 6.07) is 9.04. The molecule has 1 aromatic carbocycles. The summed E-state index contributed by atoms with van der Waals surface area (Å²) in [5.74, 6) is 0.211. The van der Waals surface area contributed by atoms with Crippen LogP contribution in [0.25, 0.3) is 11.5 Å². The Balaban J connectivity index is 1.86. The van der Waals surface area contributed by atoms with E-state index in [1.165, 1.54) is 0 Å². The van der Waals surface area contributed by atoms with Crippen molar-refractivity contribution in [1.29, 1.82) is 0 Å². The summed E-state index contributed by atoms with van der Waals surface area (Å²) < 4.78 is 10.8. The van der Waals surface area contributed by atoms with E-state index in [1.54, 1.807) is 12.1 Å². The van der Waals surface area contributed by atoms with Crippen molar-refractivity contribution >= 4 is 0 Å². The zero-order chi connectivity index (χ0) is 15.7. The van der Waals surface area contributed by atoms with E-state index in [2.05, 4.69) is 10.2 Å². The van der Waals surface area contributed by atoms with Crippen LogP contribution < -0.4 is 0 Å². The van der Waals surface area contributed by atoms with E-state index in [4.69, 9.17) is 14.3 Å². The first-order valence-electron chi connectivity index (χ1n) is 6.81. The van der Waals surface area contributed by atoms with Gasteiger partial charge in [0.15, 0.2) is 6.10 Å². The van der Waals surface area contributed by atoms with Crippen molar-refractivity contribution in [3.05, 3.63) is 36.2 Å². The number of ether oxygens (including phenoxy) is 1. The van der Waals surface area contributed by atoms with E-state index < -0.39 is 37.1 Å². The summed E-state index contributed by atoms with van der Waals surface area (Å²) in [6.45, 7) is -0.513. The van der Waals surface area contributed by atoms with Crippen LogP contribution in [0.1, 0.15) is 12.0 Å². The molecular weight excluding hydrogens is 292 g/mol. The molecule has 0 amide bonds. The molecule has 0 radical (unpaired) electrons. The van der Waals surface area contributed by atoms with Gasteiger partial charge in [-0.05, 0) is 12.1 Å². The van der Waals surface area contributed by atoms with Crippen molar-refractivity contribution in [2.24, 2.45) is 0 Å². The van der Waals surface area contributed by atoms with Gasteiger partial charge in [-0.15, -0.1) is 10.2 Å². The quantitative estimate of drug-likeness (QED) is 0.583. The van der Waals surface area contributed by atoms with Crippen molar-refractivity contribution in [2.45, 2.75) is 30.5 Å². The molecule has 1 aliphatic rings. The molecule has 3 rings (SSSR count). The first-order chi connectivity index (χ1) is 10.6. The second-order valence-corrected chi connectivity index (χ2v) is 5.06. The predicted molar refractivity (Wildman–Crippen MR) is 72.5 cm³/mol. The number of aliphatic hydroxyl groups is 4. The van der Waals surface area contributed by atoms with Crippen molar-refractivity contribution in [1.82, 2.24) is 10.2 Å². The molecule has 1 aliphatic heterocycles. The Hall–Kier alpha value is -1.84. The van der Waals surface area contributed by atoms with Gasteiger partial charge in [-0.3, -0.25) is 0 Å². The van der Waals surface area contributed by atoms with Crippen LogP contribution in [-0.2, 0) is 4.74 Å². The lowest BCUT2D eigenvalue weighted by Gasteiger charge is -2.38. The van der Waals surface area contributed by atoms with Crippen LogP contribution in [0, 0.1) is 0 Å². The van der Waals surface area contributed by atoms with E-state index in [9.17, 15) is 15.3 Å². The Morgan fingerprint density at radius 3 is 2.36 bits per heavy atom. The molecule has 0 unspecified atom stereocenters. The molecule has 5 atom stereocenters. The maximum absolute atomic E-state index is 10.0. The van der Waals surface area contributed by atoms with Gasteiger partial charge in [0.1, 0.15) is 24.4 Å². The first-order valence-corrected chi connectivity index (χ1v) is 6.81. The fourth-order valence-electron chi connectivity index (χ4n) is 2.35. The highest BCUT2D eigenvalue weighted by atomic mass is 16.6. The Kier molecular flexibility index (Phi) is 4.19. The fourth-order valence-corrected chi connectivity index (χ4v) is 2.35. The van der Waals surface area contributed by atoms with Gasteiger partial charge in [0.25, 0.3) is 0 Å². The van der Waals surface area contributed by atoms with Gasteiger partial charge in [0.2, 0.25) is 11.8 Å². The van der Waals surface area contributed by atoms with E-state index in [0.717, 1.165) is 0 Å². The molecule has 8 heteroatoms. The average molecular weight is 308 g/mol. The Bertz CT molecular complexity index is 617. The summed E-state index contributed by atoms with van der Waals surface area (Å²) >= 11 is 0. The van der Waals surface area contributed by atoms with Gasteiger partial charge in [0.05, 0.1) is 6.61 Å². The van der Waals surface area contributed by atoms with Crippen LogP contribution in [-0.4, -0.2) is 61.6 Å². The number of rotatable bonds is 3. The van der Waals surface area contributed by atoms with Crippen molar-refractivity contribution in [3.8, 4) is 11.5 Å². The molecule has 22 heavy (non-hydrogen) atoms. The number of hydrogen-bond donors (Lipinski definition) is 4. The van der Waals surface area contributed by atoms with Gasteiger partial charge < -0.3 is 29.6 Å². The first kappa shape index (κ1) is 15.1. The van der Waals surface area contributed by atoms with Crippen LogP contribution in [0.5, 0.6) is 0 Å². The van der Waals surface area contributed by atoms with Crippen molar-refractivity contribution < 1.29 is 29.6 Å². The standard InChI is InChI=1S/C14H16N2O6/c17-6-8-9(18)10(19)11(20)12(21-8)14-16-15-13(22-14)7-4-2-1-3-5-7/h1-5,8-12,17-20H,6H2/t8-,9-,10+,11-,12-/m1/s1. The molecule has 0 spiro atoms. The Morgan fingerprint density at radius 2 is 1.68 bits per heavy atom. The highest BCUT2D eigenvalue weighted by molar-refractivity contribution is 5.51. The topological polar surface area (TPSA) is 129 Å². The maximum atomic E-state index is 10.0.